The number of aryl methyl sites for hydroxylation is 1. The summed E-state index contributed by atoms with van der Waals surface area (Å²) in [4.78, 5) is 4.09. The molecule has 1 saturated heterocycles. The second-order valence-electron chi connectivity index (χ2n) is 4.67. The molecule has 1 aliphatic heterocycles. The Hall–Kier alpha value is -1.13. The quantitative estimate of drug-likeness (QED) is 0.655. The lowest BCUT2D eigenvalue weighted by Crippen LogP contribution is -2.47. The van der Waals surface area contributed by atoms with Crippen molar-refractivity contribution in [3.05, 3.63) is 23.4 Å². The smallest absolute Gasteiger partial charge is 0.129 e. The first-order chi connectivity index (χ1) is 7.55. The highest BCUT2D eigenvalue weighted by Crippen LogP contribution is 2.38. The van der Waals surface area contributed by atoms with Gasteiger partial charge in [0.05, 0.1) is 5.60 Å². The molecule has 2 rings (SSSR count). The fourth-order valence-electron chi connectivity index (χ4n) is 2.53. The maximum atomic E-state index is 10.8. The van der Waals surface area contributed by atoms with Gasteiger partial charge in [-0.15, -0.1) is 0 Å². The molecule has 0 aliphatic carbocycles. The molecule has 0 amide bonds. The third-order valence-corrected chi connectivity index (χ3v) is 3.57. The number of nitrogens with zero attached hydrogens (tertiary/aromatic N) is 1. The van der Waals surface area contributed by atoms with Gasteiger partial charge >= 0.3 is 0 Å². The number of nitrogen functional groups attached to an aromatic ring is 1. The van der Waals surface area contributed by atoms with Gasteiger partial charge in [-0.25, -0.2) is 4.98 Å². The van der Waals surface area contributed by atoms with Gasteiger partial charge in [-0.2, -0.15) is 0 Å². The van der Waals surface area contributed by atoms with Gasteiger partial charge in [0, 0.05) is 24.2 Å². The number of rotatable bonds is 1. The maximum absolute atomic E-state index is 10.8. The molecule has 4 N–H and O–H groups in total. The molecule has 4 nitrogen and oxygen atoms in total. The molecule has 0 saturated carbocycles. The molecule has 88 valence electrons. The molecular weight excluding hydrogens is 202 g/mol. The Bertz CT molecular complexity index is 374. The van der Waals surface area contributed by atoms with Crippen LogP contribution in [0, 0.1) is 12.8 Å². The molecule has 0 spiro atoms. The molecule has 4 heteroatoms. The first kappa shape index (κ1) is 11.4. The minimum absolute atomic E-state index is 0.145. The van der Waals surface area contributed by atoms with E-state index >= 15 is 0 Å². The summed E-state index contributed by atoms with van der Waals surface area (Å²) < 4.78 is 0. The van der Waals surface area contributed by atoms with Gasteiger partial charge in [-0.3, -0.25) is 0 Å². The lowest BCUT2D eigenvalue weighted by molar-refractivity contribution is -0.0392. The summed E-state index contributed by atoms with van der Waals surface area (Å²) in [7, 11) is 0. The predicted molar refractivity (Wildman–Crippen MR) is 63.9 cm³/mol. The van der Waals surface area contributed by atoms with Crippen molar-refractivity contribution in [2.75, 3.05) is 18.8 Å². The normalized spacial score (nSPS) is 30.3. The van der Waals surface area contributed by atoms with Crippen molar-refractivity contribution in [2.45, 2.75) is 25.9 Å². The number of piperidine rings is 1. The van der Waals surface area contributed by atoms with Crippen LogP contribution in [0.15, 0.2) is 12.3 Å². The first-order valence-electron chi connectivity index (χ1n) is 5.70. The SMILES string of the molecule is Cc1ccnc(N)c1C1(O)CCNCC1C. The molecule has 0 aromatic carbocycles. The van der Waals surface area contributed by atoms with Crippen LogP contribution in [0.4, 0.5) is 5.82 Å². The van der Waals surface area contributed by atoms with E-state index in [1.165, 1.54) is 0 Å². The van der Waals surface area contributed by atoms with E-state index in [4.69, 9.17) is 5.73 Å². The van der Waals surface area contributed by atoms with E-state index in [9.17, 15) is 5.11 Å². The van der Waals surface area contributed by atoms with Crippen molar-refractivity contribution in [2.24, 2.45) is 5.92 Å². The number of nitrogens with one attached hydrogen (secondary N) is 1. The van der Waals surface area contributed by atoms with E-state index in [0.29, 0.717) is 12.2 Å². The summed E-state index contributed by atoms with van der Waals surface area (Å²) in [5, 5.41) is 14.1. The largest absolute Gasteiger partial charge is 0.385 e. The molecule has 1 aromatic heterocycles. The lowest BCUT2D eigenvalue weighted by Gasteiger charge is -2.40. The van der Waals surface area contributed by atoms with E-state index < -0.39 is 5.60 Å². The van der Waals surface area contributed by atoms with Crippen LogP contribution < -0.4 is 11.1 Å². The average Bonchev–Trinajstić information content (AvgIpc) is 2.22. The van der Waals surface area contributed by atoms with Crippen LogP contribution in [0.3, 0.4) is 0 Å². The number of hydrogen-bond donors (Lipinski definition) is 3. The van der Waals surface area contributed by atoms with E-state index in [2.05, 4.69) is 10.3 Å². The van der Waals surface area contributed by atoms with Crippen molar-refractivity contribution in [1.29, 1.82) is 0 Å². The minimum atomic E-state index is -0.840. The first-order valence-corrected chi connectivity index (χ1v) is 5.70. The number of hydrogen-bond acceptors (Lipinski definition) is 4. The summed E-state index contributed by atoms with van der Waals surface area (Å²) in [6, 6.07) is 1.90. The molecular formula is C12H19N3O. The van der Waals surface area contributed by atoms with Crippen LogP contribution in [0.2, 0.25) is 0 Å². The zero-order valence-corrected chi connectivity index (χ0v) is 9.83. The fourth-order valence-corrected chi connectivity index (χ4v) is 2.53. The molecule has 2 atom stereocenters. The Kier molecular flexibility index (Phi) is 2.86. The van der Waals surface area contributed by atoms with Gasteiger partial charge in [0.2, 0.25) is 0 Å². The number of aliphatic hydroxyl groups is 1. The number of pyridine rings is 1. The van der Waals surface area contributed by atoms with Crippen LogP contribution >= 0.6 is 0 Å². The Morgan fingerprint density at radius 1 is 1.62 bits per heavy atom. The van der Waals surface area contributed by atoms with E-state index in [1.807, 2.05) is 19.9 Å². The Morgan fingerprint density at radius 2 is 2.38 bits per heavy atom. The van der Waals surface area contributed by atoms with Crippen LogP contribution in [-0.4, -0.2) is 23.2 Å². The summed E-state index contributed by atoms with van der Waals surface area (Å²) in [6.07, 6.45) is 2.37. The maximum Gasteiger partial charge on any atom is 0.129 e. The highest BCUT2D eigenvalue weighted by Gasteiger charge is 2.40. The standard InChI is InChI=1S/C12H19N3O/c1-8-3-5-15-11(13)10(8)12(16)4-6-14-7-9(12)2/h3,5,9,14,16H,4,6-7H2,1-2H3,(H2,13,15). The number of aromatic nitrogens is 1. The Labute approximate surface area is 95.9 Å². The third kappa shape index (κ3) is 1.68. The monoisotopic (exact) mass is 221 g/mol. The zero-order valence-electron chi connectivity index (χ0n) is 9.83. The molecule has 2 heterocycles. The summed E-state index contributed by atoms with van der Waals surface area (Å²) >= 11 is 0. The van der Waals surface area contributed by atoms with Crippen LogP contribution in [-0.2, 0) is 5.60 Å². The highest BCUT2D eigenvalue weighted by atomic mass is 16.3. The van der Waals surface area contributed by atoms with E-state index in [-0.39, 0.29) is 5.92 Å². The predicted octanol–water partition coefficient (Wildman–Crippen LogP) is 0.789. The number of nitrogens with two attached hydrogens (primary N) is 1. The summed E-state index contributed by atoms with van der Waals surface area (Å²) in [5.74, 6) is 0.600. The van der Waals surface area contributed by atoms with Crippen molar-refractivity contribution in [3.8, 4) is 0 Å². The van der Waals surface area contributed by atoms with Crippen molar-refractivity contribution < 1.29 is 5.11 Å². The van der Waals surface area contributed by atoms with Gasteiger partial charge < -0.3 is 16.2 Å². The molecule has 1 aliphatic rings. The summed E-state index contributed by atoms with van der Waals surface area (Å²) in [6.45, 7) is 5.64. The molecule has 1 aromatic rings. The van der Waals surface area contributed by atoms with Crippen LogP contribution in [0.25, 0.3) is 0 Å². The Balaban J connectivity index is 2.49. The van der Waals surface area contributed by atoms with E-state index in [0.717, 1.165) is 24.2 Å². The molecule has 0 radical (unpaired) electrons. The Morgan fingerprint density at radius 3 is 3.00 bits per heavy atom. The molecule has 1 fully saturated rings. The minimum Gasteiger partial charge on any atom is -0.385 e. The van der Waals surface area contributed by atoms with Crippen molar-refractivity contribution in [3.63, 3.8) is 0 Å². The van der Waals surface area contributed by atoms with Crippen LogP contribution in [0.1, 0.15) is 24.5 Å². The molecule has 16 heavy (non-hydrogen) atoms. The van der Waals surface area contributed by atoms with Gasteiger partial charge in [0.1, 0.15) is 5.82 Å². The van der Waals surface area contributed by atoms with E-state index in [1.54, 1.807) is 6.20 Å². The van der Waals surface area contributed by atoms with Crippen molar-refractivity contribution >= 4 is 5.82 Å². The van der Waals surface area contributed by atoms with Gasteiger partial charge in [-0.1, -0.05) is 6.92 Å². The van der Waals surface area contributed by atoms with Crippen molar-refractivity contribution in [1.82, 2.24) is 10.3 Å². The van der Waals surface area contributed by atoms with Gasteiger partial charge in [-0.05, 0) is 31.5 Å². The lowest BCUT2D eigenvalue weighted by atomic mass is 9.76. The second kappa shape index (κ2) is 4.03. The highest BCUT2D eigenvalue weighted by molar-refractivity contribution is 5.48. The molecule has 2 unspecified atom stereocenters. The van der Waals surface area contributed by atoms with Gasteiger partial charge in [0.15, 0.2) is 0 Å². The molecule has 0 bridgehead atoms. The summed E-state index contributed by atoms with van der Waals surface area (Å²) in [5.41, 5.74) is 6.90. The zero-order chi connectivity index (χ0) is 11.8. The number of anilines is 1. The topological polar surface area (TPSA) is 71.2 Å². The third-order valence-electron chi connectivity index (χ3n) is 3.57. The fraction of sp³-hybridized carbons (Fsp3) is 0.583. The average molecular weight is 221 g/mol. The van der Waals surface area contributed by atoms with Gasteiger partial charge in [0.25, 0.3) is 0 Å². The second-order valence-corrected chi connectivity index (χ2v) is 4.67. The van der Waals surface area contributed by atoms with Crippen LogP contribution in [0.5, 0.6) is 0 Å².